The summed E-state index contributed by atoms with van der Waals surface area (Å²) in [5.74, 6) is 0. The first-order chi connectivity index (χ1) is 2.81. The van der Waals surface area contributed by atoms with Crippen molar-refractivity contribution in [1.82, 2.24) is 5.06 Å². The van der Waals surface area contributed by atoms with Gasteiger partial charge in [-0.1, -0.05) is 0 Å². The van der Waals surface area contributed by atoms with Gasteiger partial charge in [-0.15, -0.1) is 0 Å². The average Bonchev–Trinajstić information content (AvgIpc) is 1.65. The van der Waals surface area contributed by atoms with Gasteiger partial charge < -0.3 is 0 Å². The second-order valence-electron chi connectivity index (χ2n) is 1.05. The zero-order valence-corrected chi connectivity index (χ0v) is 4.02. The molecule has 1 N–H and O–H groups in total. The van der Waals surface area contributed by atoms with Gasteiger partial charge in [-0.25, -0.2) is 0 Å². The highest BCUT2D eigenvalue weighted by molar-refractivity contribution is 4.44. The number of hydrogen-bond donors (Lipinski definition) is 1. The molecule has 2 radical (unpaired) electrons. The van der Waals surface area contributed by atoms with Gasteiger partial charge in [0.1, 0.15) is 0 Å². The first kappa shape index (κ1) is 5.92. The summed E-state index contributed by atoms with van der Waals surface area (Å²) in [6.07, 6.45) is 0. The third kappa shape index (κ3) is 2.18. The molecule has 0 heterocycles. The van der Waals surface area contributed by atoms with E-state index in [0.717, 1.165) is 5.06 Å². The summed E-state index contributed by atoms with van der Waals surface area (Å²) >= 11 is 0. The maximum atomic E-state index is 8.44. The minimum atomic E-state index is 0.469. The van der Waals surface area contributed by atoms with Crippen LogP contribution in [0.1, 0.15) is 6.92 Å². The minimum absolute atomic E-state index is 0.469. The van der Waals surface area contributed by atoms with Crippen LogP contribution in [0, 0.1) is 6.92 Å². The molecule has 0 aromatic rings. The van der Waals surface area contributed by atoms with Gasteiger partial charge in [-0.3, -0.25) is 0 Å². The normalized spacial score (nSPS) is 10.0. The fraction of sp³-hybridized carbons (Fsp3) is 0.750. The molecule has 6 heavy (non-hydrogen) atoms. The first-order valence-electron chi connectivity index (χ1n) is 2.04. The van der Waals surface area contributed by atoms with E-state index in [1.807, 2.05) is 6.92 Å². The maximum absolute atomic E-state index is 8.44. The minimum Gasteiger partial charge on any atom is -0.163 e. The van der Waals surface area contributed by atoms with Crippen molar-refractivity contribution in [2.75, 3.05) is 13.1 Å². The highest BCUT2D eigenvalue weighted by Crippen LogP contribution is 1.67. The van der Waals surface area contributed by atoms with Crippen LogP contribution in [0.15, 0.2) is 0 Å². The van der Waals surface area contributed by atoms with Crippen LogP contribution in [0.2, 0.25) is 0 Å². The van der Waals surface area contributed by atoms with Crippen molar-refractivity contribution in [2.24, 2.45) is 0 Å². The Hall–Kier alpha value is -0.0800. The summed E-state index contributed by atoms with van der Waals surface area (Å²) in [7, 11) is 0. The molecule has 0 spiro atoms. The second kappa shape index (κ2) is 3.12. The quantitative estimate of drug-likeness (QED) is 0.383. The molecule has 0 aromatic heterocycles. The molecule has 0 aliphatic heterocycles. The van der Waals surface area contributed by atoms with Crippen LogP contribution in [0.4, 0.5) is 0 Å². The fourth-order valence-electron chi connectivity index (χ4n) is 0.158. The van der Waals surface area contributed by atoms with Crippen LogP contribution >= 0.6 is 0 Å². The lowest BCUT2D eigenvalue weighted by molar-refractivity contribution is 0.0301. The Labute approximate surface area is 38.3 Å². The van der Waals surface area contributed by atoms with E-state index in [-0.39, 0.29) is 0 Å². The van der Waals surface area contributed by atoms with Gasteiger partial charge >= 0.3 is 0 Å². The van der Waals surface area contributed by atoms with Gasteiger partial charge in [0, 0.05) is 6.92 Å². The van der Waals surface area contributed by atoms with Crippen LogP contribution in [0.3, 0.4) is 0 Å². The predicted molar refractivity (Wildman–Crippen MR) is 24.7 cm³/mol. The molecule has 0 bridgehead atoms. The largest absolute Gasteiger partial charge is 0.163 e. The van der Waals surface area contributed by atoms with Crippen LogP contribution in [-0.2, 0) is 0 Å². The summed E-state index contributed by atoms with van der Waals surface area (Å²) < 4.78 is 0. The molecule has 0 aliphatic rings. The van der Waals surface area contributed by atoms with Crippen LogP contribution in [0.25, 0.3) is 0 Å². The van der Waals surface area contributed by atoms with E-state index in [4.69, 9.17) is 5.21 Å². The molecule has 0 aromatic carbocycles. The van der Waals surface area contributed by atoms with Crippen molar-refractivity contribution in [3.8, 4) is 0 Å². The lowest BCUT2D eigenvalue weighted by atomic mass is 10.6. The predicted octanol–water partition coefficient (Wildman–Crippen LogP) is 0.370. The summed E-state index contributed by atoms with van der Waals surface area (Å²) in [5, 5.41) is 9.58. The van der Waals surface area contributed by atoms with E-state index in [2.05, 4.69) is 6.92 Å². The molecule has 2 nitrogen and oxygen atoms in total. The number of hydroxylamine groups is 2. The molecule has 0 fully saturated rings. The Bertz CT molecular complexity index is 26.7. The summed E-state index contributed by atoms with van der Waals surface area (Å²) in [6, 6.07) is 0. The van der Waals surface area contributed by atoms with Gasteiger partial charge in [-0.05, 0) is 12.0 Å². The van der Waals surface area contributed by atoms with Gasteiger partial charge in [0.15, 0.2) is 13.1 Å². The monoisotopic (exact) mass is 88.1 g/mol. The Balaban J connectivity index is 2.75. The van der Waals surface area contributed by atoms with Crippen molar-refractivity contribution in [3.05, 3.63) is 6.92 Å². The lowest BCUT2D eigenvalue weighted by Gasteiger charge is -1.90. The highest BCUT2D eigenvalue weighted by atomic mass is 16.5. The summed E-state index contributed by atoms with van der Waals surface area (Å²) in [4.78, 5) is 0. The smallest absolute Gasteiger partial charge is 0.160 e. The van der Waals surface area contributed by atoms with E-state index >= 15 is 0 Å². The highest BCUT2D eigenvalue weighted by Gasteiger charge is 1.98. The van der Waals surface area contributed by atoms with Crippen molar-refractivity contribution < 1.29 is 5.21 Å². The van der Waals surface area contributed by atoms with Gasteiger partial charge in [0.2, 0.25) is 0 Å². The third-order valence-electron chi connectivity index (χ3n) is 0.623. The van der Waals surface area contributed by atoms with Crippen molar-refractivity contribution in [2.45, 2.75) is 6.92 Å². The van der Waals surface area contributed by atoms with Gasteiger partial charge in [0.05, 0.1) is 0 Å². The molecule has 2 heteroatoms. The Kier molecular flexibility index (Phi) is 3.08. The first-order valence-corrected chi connectivity index (χ1v) is 2.04. The van der Waals surface area contributed by atoms with Crippen molar-refractivity contribution in [3.63, 3.8) is 0 Å². The molecule has 0 aliphatic carbocycles. The van der Waals surface area contributed by atoms with Crippen LogP contribution in [-0.4, -0.2) is 18.3 Å². The molecular weight excluding hydrogens is 78.0 g/mol. The van der Waals surface area contributed by atoms with Gasteiger partial charge in [0.25, 0.3) is 0 Å². The lowest BCUT2D eigenvalue weighted by Crippen LogP contribution is -2.24. The van der Waals surface area contributed by atoms with E-state index < -0.39 is 0 Å². The third-order valence-corrected chi connectivity index (χ3v) is 0.623. The standard InChI is InChI=1S/C4H10NO/c1-3-5(6)4-2/h6H,1,3-4H2,2H3/q+1. The number of rotatable bonds is 2. The molecule has 0 unspecified atom stereocenters. The maximum Gasteiger partial charge on any atom is 0.160 e. The fourth-order valence-corrected chi connectivity index (χ4v) is 0.158. The van der Waals surface area contributed by atoms with Crippen molar-refractivity contribution in [1.29, 1.82) is 0 Å². The SMILES string of the molecule is [CH2]C[N+](O)CC. The van der Waals surface area contributed by atoms with E-state index in [1.54, 1.807) is 0 Å². The zero-order valence-electron chi connectivity index (χ0n) is 4.02. The molecule has 36 valence electrons. The van der Waals surface area contributed by atoms with Gasteiger partial charge in [-0.2, -0.15) is 5.21 Å². The topological polar surface area (TPSA) is 26.1 Å². The molecular formula is C4H10NO+. The Morgan fingerprint density at radius 3 is 2.33 bits per heavy atom. The van der Waals surface area contributed by atoms with E-state index in [0.29, 0.717) is 13.1 Å². The zero-order chi connectivity index (χ0) is 4.99. The number of hydrogen-bond acceptors (Lipinski definition) is 2. The van der Waals surface area contributed by atoms with Crippen molar-refractivity contribution >= 4 is 0 Å². The van der Waals surface area contributed by atoms with Crippen LogP contribution in [0.5, 0.6) is 0 Å². The summed E-state index contributed by atoms with van der Waals surface area (Å²) in [5.41, 5.74) is 0. The van der Waals surface area contributed by atoms with E-state index in [1.165, 1.54) is 0 Å². The molecule has 0 amide bonds. The Morgan fingerprint density at radius 2 is 2.33 bits per heavy atom. The van der Waals surface area contributed by atoms with Crippen LogP contribution < -0.4 is 5.06 Å². The second-order valence-corrected chi connectivity index (χ2v) is 1.05. The molecule has 0 saturated carbocycles. The molecule has 0 atom stereocenters. The van der Waals surface area contributed by atoms with E-state index in [9.17, 15) is 0 Å². The summed E-state index contributed by atoms with van der Waals surface area (Å²) in [6.45, 7) is 6.42. The molecule has 0 saturated heterocycles. The molecule has 0 rings (SSSR count). The Morgan fingerprint density at radius 1 is 1.83 bits per heavy atom. The average molecular weight is 88.1 g/mol. The number of nitrogens with zero attached hydrogens (tertiary/aromatic N) is 1.